The van der Waals surface area contributed by atoms with E-state index in [0.29, 0.717) is 13.0 Å². The monoisotopic (exact) mass is 324 g/mol. The van der Waals surface area contributed by atoms with Gasteiger partial charge in [0.2, 0.25) is 0 Å². The van der Waals surface area contributed by atoms with E-state index in [-0.39, 0.29) is 17.6 Å². The van der Waals surface area contributed by atoms with Crippen LogP contribution < -0.4 is 0 Å². The summed E-state index contributed by atoms with van der Waals surface area (Å²) in [5.74, 6) is -0.372. The Balaban J connectivity index is 3.80. The maximum atomic E-state index is 11.5. The Morgan fingerprint density at radius 1 is 1.19 bits per heavy atom. The second-order valence-electron chi connectivity index (χ2n) is 6.21. The number of ether oxygens (including phenoxy) is 1. The highest BCUT2D eigenvalue weighted by atomic mass is 32.2. The molecule has 0 rings (SSSR count). The lowest BCUT2D eigenvalue weighted by atomic mass is 10.1. The van der Waals surface area contributed by atoms with Crippen LogP contribution in [-0.4, -0.2) is 63.0 Å². The van der Waals surface area contributed by atoms with Gasteiger partial charge in [-0.05, 0) is 19.3 Å². The first-order valence-electron chi connectivity index (χ1n) is 7.51. The molecule has 0 aliphatic heterocycles. The second-order valence-corrected chi connectivity index (χ2v) is 7.78. The predicted molar refractivity (Wildman–Crippen MR) is 82.5 cm³/mol. The minimum absolute atomic E-state index is 0.0482. The van der Waals surface area contributed by atoms with Gasteiger partial charge in [-0.3, -0.25) is 9.35 Å². The zero-order valence-corrected chi connectivity index (χ0v) is 14.5. The van der Waals surface area contributed by atoms with Crippen molar-refractivity contribution in [1.29, 1.82) is 0 Å². The summed E-state index contributed by atoms with van der Waals surface area (Å²) in [4.78, 5) is 11.5. The van der Waals surface area contributed by atoms with Crippen LogP contribution in [-0.2, 0) is 19.6 Å². The second kappa shape index (κ2) is 9.38. The summed E-state index contributed by atoms with van der Waals surface area (Å²) >= 11 is 0. The van der Waals surface area contributed by atoms with Crippen molar-refractivity contribution in [1.82, 2.24) is 0 Å². The Bertz CT molecular complexity index is 406. The Morgan fingerprint density at radius 2 is 1.76 bits per heavy atom. The van der Waals surface area contributed by atoms with Crippen molar-refractivity contribution < 1.29 is 27.0 Å². The lowest BCUT2D eigenvalue weighted by molar-refractivity contribution is -0.890. The molecule has 1 unspecified atom stereocenters. The summed E-state index contributed by atoms with van der Waals surface area (Å²) in [6.07, 6.45) is 2.77. The van der Waals surface area contributed by atoms with E-state index < -0.39 is 10.1 Å². The van der Waals surface area contributed by atoms with Crippen LogP contribution in [0.25, 0.3) is 0 Å². The van der Waals surface area contributed by atoms with Gasteiger partial charge in [0.25, 0.3) is 10.1 Å². The Kier molecular flexibility index (Phi) is 9.08. The van der Waals surface area contributed by atoms with Crippen molar-refractivity contribution in [3.05, 3.63) is 0 Å². The third-order valence-electron chi connectivity index (χ3n) is 3.58. The highest BCUT2D eigenvalue weighted by molar-refractivity contribution is 7.85. The van der Waals surface area contributed by atoms with Crippen LogP contribution in [0.2, 0.25) is 0 Å². The van der Waals surface area contributed by atoms with Crippen molar-refractivity contribution in [3.8, 4) is 0 Å². The zero-order chi connectivity index (χ0) is 16.5. The predicted octanol–water partition coefficient (Wildman–Crippen LogP) is 1.71. The van der Waals surface area contributed by atoms with E-state index in [0.717, 1.165) is 36.8 Å². The molecule has 0 spiro atoms. The normalized spacial score (nSPS) is 14.0. The smallest absolute Gasteiger partial charge is 0.308 e. The molecular formula is C14H30NO5S+. The summed E-state index contributed by atoms with van der Waals surface area (Å²) in [5, 5.41) is 0. The van der Waals surface area contributed by atoms with Gasteiger partial charge in [0, 0.05) is 6.42 Å². The van der Waals surface area contributed by atoms with E-state index in [1.54, 1.807) is 0 Å². The van der Waals surface area contributed by atoms with Crippen molar-refractivity contribution in [2.75, 3.05) is 39.5 Å². The lowest BCUT2D eigenvalue weighted by Crippen LogP contribution is -2.41. The standard InChI is InChI=1S/C14H29NO5S/c1-5-13(2)14(16)20-11-8-10-15(3,4)9-6-7-12-21(17,18)19/h13H,5-12H2,1-4H3/p+1. The molecule has 0 saturated heterocycles. The molecule has 6 nitrogen and oxygen atoms in total. The van der Waals surface area contributed by atoms with Gasteiger partial charge in [0.15, 0.2) is 0 Å². The fourth-order valence-electron chi connectivity index (χ4n) is 1.91. The number of rotatable bonds is 11. The molecule has 126 valence electrons. The van der Waals surface area contributed by atoms with Crippen LogP contribution in [0.4, 0.5) is 0 Å². The van der Waals surface area contributed by atoms with Gasteiger partial charge < -0.3 is 9.22 Å². The van der Waals surface area contributed by atoms with E-state index >= 15 is 0 Å². The molecular weight excluding hydrogens is 294 g/mol. The first-order chi connectivity index (χ1) is 9.57. The maximum absolute atomic E-state index is 11.5. The third-order valence-corrected chi connectivity index (χ3v) is 4.39. The molecule has 0 aromatic rings. The molecule has 1 N–H and O–H groups in total. The van der Waals surface area contributed by atoms with E-state index in [2.05, 4.69) is 14.1 Å². The summed E-state index contributed by atoms with van der Waals surface area (Å²) in [6.45, 7) is 5.93. The molecule has 21 heavy (non-hydrogen) atoms. The molecule has 0 saturated carbocycles. The molecule has 0 aromatic heterocycles. The molecule has 0 fully saturated rings. The molecule has 0 heterocycles. The maximum Gasteiger partial charge on any atom is 0.308 e. The topological polar surface area (TPSA) is 80.7 Å². The molecule has 0 radical (unpaired) electrons. The quantitative estimate of drug-likeness (QED) is 0.271. The van der Waals surface area contributed by atoms with Gasteiger partial charge in [-0.25, -0.2) is 0 Å². The van der Waals surface area contributed by atoms with E-state index in [4.69, 9.17) is 9.29 Å². The first kappa shape index (κ1) is 20.3. The minimum atomic E-state index is -3.85. The number of hydrogen-bond donors (Lipinski definition) is 1. The van der Waals surface area contributed by atoms with Gasteiger partial charge in [-0.15, -0.1) is 0 Å². The van der Waals surface area contributed by atoms with Crippen molar-refractivity contribution in [2.24, 2.45) is 5.92 Å². The zero-order valence-electron chi connectivity index (χ0n) is 13.7. The van der Waals surface area contributed by atoms with Gasteiger partial charge in [0.1, 0.15) is 0 Å². The number of quaternary nitrogens is 1. The molecule has 0 aliphatic carbocycles. The number of carbonyl (C=O) groups excluding carboxylic acids is 1. The highest BCUT2D eigenvalue weighted by Crippen LogP contribution is 2.07. The third kappa shape index (κ3) is 11.7. The van der Waals surface area contributed by atoms with E-state index in [9.17, 15) is 13.2 Å². The average molecular weight is 324 g/mol. The van der Waals surface area contributed by atoms with Gasteiger partial charge in [0.05, 0.1) is 45.5 Å². The molecule has 0 aromatic carbocycles. The number of carbonyl (C=O) groups is 1. The van der Waals surface area contributed by atoms with Crippen molar-refractivity contribution in [2.45, 2.75) is 39.5 Å². The van der Waals surface area contributed by atoms with Gasteiger partial charge >= 0.3 is 5.97 Å². The fraction of sp³-hybridized carbons (Fsp3) is 0.929. The van der Waals surface area contributed by atoms with E-state index in [1.165, 1.54) is 0 Å². The van der Waals surface area contributed by atoms with Crippen LogP contribution >= 0.6 is 0 Å². The number of unbranched alkanes of at least 4 members (excludes halogenated alkanes) is 1. The SMILES string of the molecule is CCC(C)C(=O)OCCC[N+](C)(C)CCCCS(=O)(=O)O. The largest absolute Gasteiger partial charge is 0.465 e. The summed E-state index contributed by atoms with van der Waals surface area (Å²) in [6, 6.07) is 0. The van der Waals surface area contributed by atoms with Crippen LogP contribution in [0, 0.1) is 5.92 Å². The summed E-state index contributed by atoms with van der Waals surface area (Å²) in [5.41, 5.74) is 0. The first-order valence-corrected chi connectivity index (χ1v) is 9.12. The van der Waals surface area contributed by atoms with Crippen LogP contribution in [0.5, 0.6) is 0 Å². The lowest BCUT2D eigenvalue weighted by Gasteiger charge is -2.29. The van der Waals surface area contributed by atoms with Crippen LogP contribution in [0.15, 0.2) is 0 Å². The van der Waals surface area contributed by atoms with Crippen LogP contribution in [0.1, 0.15) is 39.5 Å². The molecule has 0 bridgehead atoms. The Morgan fingerprint density at radius 3 is 2.29 bits per heavy atom. The Labute approximate surface area is 128 Å². The number of esters is 1. The summed E-state index contributed by atoms with van der Waals surface area (Å²) in [7, 11) is 0.271. The number of hydrogen-bond acceptors (Lipinski definition) is 4. The number of nitrogens with zero attached hydrogens (tertiary/aromatic N) is 1. The van der Waals surface area contributed by atoms with Crippen LogP contribution in [0.3, 0.4) is 0 Å². The van der Waals surface area contributed by atoms with Crippen molar-refractivity contribution in [3.63, 3.8) is 0 Å². The highest BCUT2D eigenvalue weighted by Gasteiger charge is 2.16. The average Bonchev–Trinajstić information content (AvgIpc) is 2.37. The molecule has 0 amide bonds. The fourth-order valence-corrected chi connectivity index (χ4v) is 2.48. The van der Waals surface area contributed by atoms with E-state index in [1.807, 2.05) is 13.8 Å². The minimum Gasteiger partial charge on any atom is -0.465 e. The van der Waals surface area contributed by atoms with Crippen molar-refractivity contribution >= 4 is 16.1 Å². The molecule has 0 aliphatic rings. The Hall–Kier alpha value is -0.660. The summed E-state index contributed by atoms with van der Waals surface area (Å²) < 4.78 is 35.8. The van der Waals surface area contributed by atoms with Gasteiger partial charge in [-0.2, -0.15) is 8.42 Å². The molecule has 1 atom stereocenters. The van der Waals surface area contributed by atoms with Gasteiger partial charge in [-0.1, -0.05) is 13.8 Å². The molecule has 7 heteroatoms.